The van der Waals surface area contributed by atoms with Crippen molar-refractivity contribution in [3.05, 3.63) is 84.1 Å². The molecule has 0 radical (unpaired) electrons. The smallest absolute Gasteiger partial charge is 0.339 e. The number of benzene rings is 2. The van der Waals surface area contributed by atoms with E-state index < -0.39 is 5.97 Å². The lowest BCUT2D eigenvalue weighted by Crippen LogP contribution is -2.30. The van der Waals surface area contributed by atoms with Gasteiger partial charge in [0.25, 0.3) is 5.91 Å². The summed E-state index contributed by atoms with van der Waals surface area (Å²) in [6.45, 7) is 2.68. The Morgan fingerprint density at radius 2 is 1.72 bits per heavy atom. The molecule has 0 fully saturated rings. The highest BCUT2D eigenvalue weighted by Crippen LogP contribution is 2.25. The Balaban J connectivity index is 1.55. The van der Waals surface area contributed by atoms with E-state index in [2.05, 4.69) is 5.10 Å². The zero-order chi connectivity index (χ0) is 22.5. The number of esters is 1. The number of hydrogen-bond donors (Lipinski definition) is 0. The van der Waals surface area contributed by atoms with Gasteiger partial charge in [0, 0.05) is 25.7 Å². The summed E-state index contributed by atoms with van der Waals surface area (Å²) < 4.78 is 7.13. The van der Waals surface area contributed by atoms with Gasteiger partial charge in [0.05, 0.1) is 22.8 Å². The molecule has 1 amide bonds. The molecule has 7 heteroatoms. The Bertz CT molecular complexity index is 1240. The van der Waals surface area contributed by atoms with Crippen molar-refractivity contribution in [1.29, 1.82) is 0 Å². The van der Waals surface area contributed by atoms with E-state index in [0.717, 1.165) is 11.1 Å². The van der Waals surface area contributed by atoms with Gasteiger partial charge in [0.2, 0.25) is 0 Å². The van der Waals surface area contributed by atoms with Gasteiger partial charge in [-0.3, -0.25) is 4.79 Å². The van der Waals surface area contributed by atoms with Crippen LogP contribution in [0.4, 0.5) is 0 Å². The van der Waals surface area contributed by atoms with Crippen molar-refractivity contribution in [2.45, 2.75) is 20.0 Å². The minimum Gasteiger partial charge on any atom is -0.452 e. The molecular weight excluding hydrogens is 404 g/mol. The summed E-state index contributed by atoms with van der Waals surface area (Å²) in [7, 11) is 1.69. The van der Waals surface area contributed by atoms with E-state index in [-0.39, 0.29) is 12.5 Å². The van der Waals surface area contributed by atoms with Gasteiger partial charge < -0.3 is 9.64 Å². The number of pyridine rings is 1. The van der Waals surface area contributed by atoms with Crippen LogP contribution in [0, 0.1) is 0 Å². The number of carbonyl (C=O) groups excluding carboxylic acids is 2. The van der Waals surface area contributed by atoms with Crippen molar-refractivity contribution in [3.63, 3.8) is 0 Å². The van der Waals surface area contributed by atoms with E-state index in [1.165, 1.54) is 4.90 Å². The van der Waals surface area contributed by atoms with Crippen LogP contribution in [0.5, 0.6) is 0 Å². The summed E-state index contributed by atoms with van der Waals surface area (Å²) in [6.07, 6.45) is 1.61. The topological polar surface area (TPSA) is 77.3 Å². The summed E-state index contributed by atoms with van der Waals surface area (Å²) in [4.78, 5) is 31.7. The third kappa shape index (κ3) is 4.51. The highest BCUT2D eigenvalue weighted by molar-refractivity contribution is 6.04. The third-order valence-electron chi connectivity index (χ3n) is 5.21. The number of likely N-dealkylation sites (N-methyl/N-ethyl adjacent to an activating group) is 1. The third-order valence-corrected chi connectivity index (χ3v) is 5.21. The second kappa shape index (κ2) is 9.43. The summed E-state index contributed by atoms with van der Waals surface area (Å²) in [6, 6.07) is 21.0. The molecular formula is C25H24N4O3. The number of amides is 1. The fraction of sp³-hybridized carbons (Fsp3) is 0.200. The second-order valence-corrected chi connectivity index (χ2v) is 7.43. The molecule has 32 heavy (non-hydrogen) atoms. The first-order chi connectivity index (χ1) is 15.6. The molecule has 0 aliphatic carbocycles. The Morgan fingerprint density at radius 1 is 1.03 bits per heavy atom. The van der Waals surface area contributed by atoms with Crippen LogP contribution in [0.3, 0.4) is 0 Å². The maximum atomic E-state index is 13.0. The van der Waals surface area contributed by atoms with E-state index in [1.54, 1.807) is 24.0 Å². The second-order valence-electron chi connectivity index (χ2n) is 7.43. The van der Waals surface area contributed by atoms with Crippen molar-refractivity contribution in [1.82, 2.24) is 19.7 Å². The first-order valence-corrected chi connectivity index (χ1v) is 10.4. The largest absolute Gasteiger partial charge is 0.452 e. The summed E-state index contributed by atoms with van der Waals surface area (Å²) in [5, 5.41) is 4.93. The molecule has 2 aromatic carbocycles. The Kier molecular flexibility index (Phi) is 6.26. The average Bonchev–Trinajstić information content (AvgIpc) is 3.26. The highest BCUT2D eigenvalue weighted by Gasteiger charge is 2.20. The van der Waals surface area contributed by atoms with Crippen LogP contribution in [-0.4, -0.2) is 45.2 Å². The lowest BCUT2D eigenvalue weighted by Gasteiger charge is -2.17. The van der Waals surface area contributed by atoms with Crippen molar-refractivity contribution in [3.8, 4) is 11.3 Å². The number of aromatic nitrogens is 3. The summed E-state index contributed by atoms with van der Waals surface area (Å²) in [5.74, 6) is -0.855. The number of ether oxygens (including phenoxy) is 1. The van der Waals surface area contributed by atoms with Gasteiger partial charge in [0.1, 0.15) is 0 Å². The minimum absolute atomic E-state index is 0.278. The van der Waals surface area contributed by atoms with Crippen molar-refractivity contribution < 1.29 is 14.3 Å². The zero-order valence-corrected chi connectivity index (χ0v) is 18.1. The summed E-state index contributed by atoms with van der Waals surface area (Å²) >= 11 is 0. The van der Waals surface area contributed by atoms with E-state index in [4.69, 9.17) is 9.72 Å². The molecule has 0 atom stereocenters. The van der Waals surface area contributed by atoms with Crippen LogP contribution in [0.1, 0.15) is 22.8 Å². The van der Waals surface area contributed by atoms with Crippen LogP contribution in [0.15, 0.2) is 72.9 Å². The van der Waals surface area contributed by atoms with Gasteiger partial charge in [-0.05, 0) is 18.6 Å². The predicted molar refractivity (Wildman–Crippen MR) is 122 cm³/mol. The van der Waals surface area contributed by atoms with Gasteiger partial charge in [-0.15, -0.1) is 0 Å². The van der Waals surface area contributed by atoms with Crippen LogP contribution in [0.2, 0.25) is 0 Å². The van der Waals surface area contributed by atoms with Crippen molar-refractivity contribution in [2.24, 2.45) is 0 Å². The molecule has 162 valence electrons. The summed E-state index contributed by atoms with van der Waals surface area (Å²) in [5.41, 5.74) is 3.48. The van der Waals surface area contributed by atoms with Gasteiger partial charge in [0.15, 0.2) is 12.3 Å². The SMILES string of the molecule is CCn1ncc2c(C(=O)OCC(=O)N(C)Cc3ccccc3)cc(-c3ccccc3)nc21. The molecule has 0 aliphatic rings. The normalized spacial score (nSPS) is 10.8. The fourth-order valence-electron chi connectivity index (χ4n) is 3.47. The molecule has 4 aromatic rings. The Labute approximate surface area is 186 Å². The fourth-order valence-corrected chi connectivity index (χ4v) is 3.47. The van der Waals surface area contributed by atoms with Crippen LogP contribution < -0.4 is 0 Å². The Hall–Kier alpha value is -4.00. The van der Waals surface area contributed by atoms with E-state index in [9.17, 15) is 9.59 Å². The van der Waals surface area contributed by atoms with E-state index in [0.29, 0.717) is 35.4 Å². The molecule has 0 bridgehead atoms. The lowest BCUT2D eigenvalue weighted by atomic mass is 10.1. The molecule has 0 N–H and O–H groups in total. The number of rotatable bonds is 7. The minimum atomic E-state index is -0.577. The Morgan fingerprint density at radius 3 is 2.41 bits per heavy atom. The van der Waals surface area contributed by atoms with Gasteiger partial charge in [-0.25, -0.2) is 14.5 Å². The zero-order valence-electron chi connectivity index (χ0n) is 18.1. The number of carbonyl (C=O) groups is 2. The molecule has 7 nitrogen and oxygen atoms in total. The van der Waals surface area contributed by atoms with Gasteiger partial charge >= 0.3 is 5.97 Å². The first-order valence-electron chi connectivity index (χ1n) is 10.4. The van der Waals surface area contributed by atoms with Gasteiger partial charge in [-0.2, -0.15) is 5.10 Å². The molecule has 2 heterocycles. The number of hydrogen-bond acceptors (Lipinski definition) is 5. The molecule has 0 saturated heterocycles. The molecule has 0 saturated carbocycles. The van der Waals surface area contributed by atoms with E-state index in [1.807, 2.05) is 67.6 Å². The van der Waals surface area contributed by atoms with Crippen LogP contribution in [-0.2, 0) is 22.6 Å². The number of fused-ring (bicyclic) bond motifs is 1. The first kappa shape index (κ1) is 21.2. The monoisotopic (exact) mass is 428 g/mol. The quantitative estimate of drug-likeness (QED) is 0.417. The average molecular weight is 428 g/mol. The van der Waals surface area contributed by atoms with Crippen molar-refractivity contribution in [2.75, 3.05) is 13.7 Å². The van der Waals surface area contributed by atoms with Crippen LogP contribution >= 0.6 is 0 Å². The molecule has 4 rings (SSSR count). The molecule has 2 aromatic heterocycles. The highest BCUT2D eigenvalue weighted by atomic mass is 16.5. The maximum absolute atomic E-state index is 13.0. The van der Waals surface area contributed by atoms with Gasteiger partial charge in [-0.1, -0.05) is 60.7 Å². The number of aryl methyl sites for hydroxylation is 1. The molecule has 0 aliphatic heterocycles. The van der Waals surface area contributed by atoms with Crippen LogP contribution in [0.25, 0.3) is 22.3 Å². The molecule has 0 unspecified atom stereocenters. The standard InChI is InChI=1S/C25H24N4O3/c1-3-29-24-21(15-26-29)20(14-22(27-24)19-12-8-5-9-13-19)25(31)32-17-23(30)28(2)16-18-10-6-4-7-11-18/h4-15H,3,16-17H2,1-2H3. The van der Waals surface area contributed by atoms with Crippen molar-refractivity contribution >= 4 is 22.9 Å². The number of nitrogens with zero attached hydrogens (tertiary/aromatic N) is 4. The maximum Gasteiger partial charge on any atom is 0.339 e. The lowest BCUT2D eigenvalue weighted by molar-refractivity contribution is -0.133. The van der Waals surface area contributed by atoms with E-state index >= 15 is 0 Å². The predicted octanol–water partition coefficient (Wildman–Crippen LogP) is 3.93. The molecule has 0 spiro atoms.